The Morgan fingerprint density at radius 1 is 1.45 bits per heavy atom. The lowest BCUT2D eigenvalue weighted by Gasteiger charge is -1.90. The first-order chi connectivity index (χ1) is 5.29. The van der Waals surface area contributed by atoms with Crippen LogP contribution in [0.25, 0.3) is 10.9 Å². The molecule has 2 aromatic rings. The maximum absolute atomic E-state index is 5.91. The number of nitrogens with zero attached hydrogens (tertiary/aromatic N) is 1. The van der Waals surface area contributed by atoms with Gasteiger partial charge in [-0.2, -0.15) is 5.10 Å². The zero-order valence-electron chi connectivity index (χ0n) is 5.44. The van der Waals surface area contributed by atoms with Crippen molar-refractivity contribution in [3.63, 3.8) is 0 Å². The molecule has 0 radical (unpaired) electrons. The average molecular weight is 231 g/mol. The van der Waals surface area contributed by atoms with Crippen molar-refractivity contribution in [2.75, 3.05) is 0 Å². The summed E-state index contributed by atoms with van der Waals surface area (Å²) in [5.74, 6) is 0. The molecule has 0 aliphatic heterocycles. The number of halogens is 2. The lowest BCUT2D eigenvalue weighted by atomic mass is 10.3. The summed E-state index contributed by atoms with van der Waals surface area (Å²) >= 11 is 9.23. The molecule has 1 N–H and O–H groups in total. The Labute approximate surface area is 76.7 Å². The molecule has 11 heavy (non-hydrogen) atoms. The maximum Gasteiger partial charge on any atom is 0.110 e. The number of benzene rings is 1. The number of hydrogen-bond donors (Lipinski definition) is 1. The summed E-state index contributed by atoms with van der Waals surface area (Å²) < 4.78 is 0.832. The molecule has 0 bridgehead atoms. The van der Waals surface area contributed by atoms with Crippen LogP contribution in [-0.4, -0.2) is 10.2 Å². The molecule has 56 valence electrons. The fourth-order valence-electron chi connectivity index (χ4n) is 0.988. The molecule has 0 fully saturated rings. The number of aromatic nitrogens is 2. The van der Waals surface area contributed by atoms with Crippen LogP contribution in [0.4, 0.5) is 0 Å². The van der Waals surface area contributed by atoms with Crippen molar-refractivity contribution in [2.24, 2.45) is 0 Å². The van der Waals surface area contributed by atoms with E-state index in [0.29, 0.717) is 5.02 Å². The van der Waals surface area contributed by atoms with E-state index < -0.39 is 0 Å². The number of aromatic amines is 1. The van der Waals surface area contributed by atoms with E-state index in [2.05, 4.69) is 26.1 Å². The average Bonchev–Trinajstić information content (AvgIpc) is 2.34. The second kappa shape index (κ2) is 2.50. The van der Waals surface area contributed by atoms with Gasteiger partial charge in [-0.1, -0.05) is 17.7 Å². The second-order valence-corrected chi connectivity index (χ2v) is 3.37. The maximum atomic E-state index is 5.91. The van der Waals surface area contributed by atoms with Gasteiger partial charge in [-0.3, -0.25) is 5.10 Å². The van der Waals surface area contributed by atoms with Crippen LogP contribution in [-0.2, 0) is 0 Å². The van der Waals surface area contributed by atoms with Gasteiger partial charge in [0.1, 0.15) is 4.60 Å². The molecular weight excluding hydrogens is 227 g/mol. The lowest BCUT2D eigenvalue weighted by Crippen LogP contribution is -1.67. The first-order valence-corrected chi connectivity index (χ1v) is 4.24. The third-order valence-electron chi connectivity index (χ3n) is 1.49. The Hall–Kier alpha value is -0.540. The Morgan fingerprint density at radius 3 is 3.00 bits per heavy atom. The summed E-state index contributed by atoms with van der Waals surface area (Å²) in [6, 6.07) is 5.62. The molecule has 4 heteroatoms. The molecule has 2 rings (SSSR count). The van der Waals surface area contributed by atoms with Gasteiger partial charge in [0.15, 0.2) is 0 Å². The summed E-state index contributed by atoms with van der Waals surface area (Å²) in [7, 11) is 0. The number of H-pyrrole nitrogens is 1. The standard InChI is InChI=1S/C7H4BrClN2/c8-7-6-4(9)2-1-3-5(6)10-11-7/h1-3H,(H,10,11). The van der Waals surface area contributed by atoms with Crippen molar-refractivity contribution in [2.45, 2.75) is 0 Å². The van der Waals surface area contributed by atoms with Crippen LogP contribution in [0.3, 0.4) is 0 Å². The Bertz CT molecular complexity index is 396. The minimum Gasteiger partial charge on any atom is -0.270 e. The highest BCUT2D eigenvalue weighted by Gasteiger charge is 2.04. The van der Waals surface area contributed by atoms with Crippen LogP contribution >= 0.6 is 27.5 Å². The van der Waals surface area contributed by atoms with Crippen molar-refractivity contribution < 1.29 is 0 Å². The molecule has 0 aliphatic rings. The summed E-state index contributed by atoms with van der Waals surface area (Å²) in [4.78, 5) is 0. The molecule has 1 aromatic carbocycles. The predicted molar refractivity (Wildman–Crippen MR) is 48.8 cm³/mol. The highest BCUT2D eigenvalue weighted by molar-refractivity contribution is 9.10. The Morgan fingerprint density at radius 2 is 2.27 bits per heavy atom. The van der Waals surface area contributed by atoms with Crippen LogP contribution in [0, 0.1) is 0 Å². The highest BCUT2D eigenvalue weighted by Crippen LogP contribution is 2.27. The molecule has 1 heterocycles. The first-order valence-electron chi connectivity index (χ1n) is 3.07. The van der Waals surface area contributed by atoms with Gasteiger partial charge in [0.05, 0.1) is 15.9 Å². The minimum absolute atomic E-state index is 0.711. The topological polar surface area (TPSA) is 28.7 Å². The summed E-state index contributed by atoms with van der Waals surface area (Å²) in [6.45, 7) is 0. The van der Waals surface area contributed by atoms with Crippen LogP contribution in [0.5, 0.6) is 0 Å². The molecule has 0 atom stereocenters. The molecule has 0 amide bonds. The quantitative estimate of drug-likeness (QED) is 0.742. The van der Waals surface area contributed by atoms with E-state index in [0.717, 1.165) is 15.5 Å². The lowest BCUT2D eigenvalue weighted by molar-refractivity contribution is 1.10. The van der Waals surface area contributed by atoms with Gasteiger partial charge in [-0.05, 0) is 28.1 Å². The molecule has 0 saturated heterocycles. The number of fused-ring (bicyclic) bond motifs is 1. The van der Waals surface area contributed by atoms with Crippen LogP contribution < -0.4 is 0 Å². The Balaban J connectivity index is 2.96. The van der Waals surface area contributed by atoms with Gasteiger partial charge in [0.25, 0.3) is 0 Å². The smallest absolute Gasteiger partial charge is 0.110 e. The van der Waals surface area contributed by atoms with Crippen molar-refractivity contribution in [3.8, 4) is 0 Å². The van der Waals surface area contributed by atoms with Gasteiger partial charge >= 0.3 is 0 Å². The normalized spacial score (nSPS) is 10.7. The van der Waals surface area contributed by atoms with Gasteiger partial charge in [-0.25, -0.2) is 0 Å². The van der Waals surface area contributed by atoms with E-state index in [-0.39, 0.29) is 0 Å². The van der Waals surface area contributed by atoms with E-state index in [1.165, 1.54) is 0 Å². The van der Waals surface area contributed by atoms with Gasteiger partial charge in [0.2, 0.25) is 0 Å². The molecule has 0 saturated carbocycles. The third kappa shape index (κ3) is 1.04. The molecule has 1 aromatic heterocycles. The monoisotopic (exact) mass is 230 g/mol. The highest BCUT2D eigenvalue weighted by atomic mass is 79.9. The zero-order valence-corrected chi connectivity index (χ0v) is 7.78. The Kier molecular flexibility index (Phi) is 1.62. The third-order valence-corrected chi connectivity index (χ3v) is 2.37. The number of rotatable bonds is 0. The molecule has 0 spiro atoms. The SMILES string of the molecule is Clc1cccc2n[nH]c(Br)c12. The summed E-state index contributed by atoms with van der Waals surface area (Å²) in [5.41, 5.74) is 0.879. The van der Waals surface area contributed by atoms with Crippen molar-refractivity contribution >= 4 is 38.4 Å². The van der Waals surface area contributed by atoms with Gasteiger partial charge < -0.3 is 0 Å². The molecule has 0 aliphatic carbocycles. The van der Waals surface area contributed by atoms with E-state index in [1.807, 2.05) is 18.2 Å². The number of nitrogens with one attached hydrogen (secondary N) is 1. The number of hydrogen-bond acceptors (Lipinski definition) is 1. The van der Waals surface area contributed by atoms with Crippen molar-refractivity contribution in [3.05, 3.63) is 27.8 Å². The van der Waals surface area contributed by atoms with E-state index in [9.17, 15) is 0 Å². The fraction of sp³-hybridized carbons (Fsp3) is 0. The zero-order chi connectivity index (χ0) is 7.84. The van der Waals surface area contributed by atoms with Crippen LogP contribution in [0.1, 0.15) is 0 Å². The van der Waals surface area contributed by atoms with Gasteiger partial charge in [-0.15, -0.1) is 0 Å². The molecular formula is C7H4BrClN2. The first kappa shape index (κ1) is 7.13. The van der Waals surface area contributed by atoms with Crippen LogP contribution in [0.15, 0.2) is 22.8 Å². The van der Waals surface area contributed by atoms with Crippen molar-refractivity contribution in [1.82, 2.24) is 10.2 Å². The van der Waals surface area contributed by atoms with E-state index in [1.54, 1.807) is 0 Å². The van der Waals surface area contributed by atoms with Gasteiger partial charge in [0, 0.05) is 0 Å². The molecule has 0 unspecified atom stereocenters. The van der Waals surface area contributed by atoms with Crippen LogP contribution in [0.2, 0.25) is 5.02 Å². The summed E-state index contributed by atoms with van der Waals surface area (Å²) in [6.07, 6.45) is 0. The largest absolute Gasteiger partial charge is 0.270 e. The second-order valence-electron chi connectivity index (χ2n) is 2.17. The fourth-order valence-corrected chi connectivity index (χ4v) is 1.87. The predicted octanol–water partition coefficient (Wildman–Crippen LogP) is 2.98. The summed E-state index contributed by atoms with van der Waals surface area (Å²) in [5, 5.41) is 8.47. The molecule has 2 nitrogen and oxygen atoms in total. The minimum atomic E-state index is 0.711. The van der Waals surface area contributed by atoms with E-state index in [4.69, 9.17) is 11.6 Å². The van der Waals surface area contributed by atoms with E-state index >= 15 is 0 Å². The van der Waals surface area contributed by atoms with Crippen molar-refractivity contribution in [1.29, 1.82) is 0 Å².